The highest BCUT2D eigenvalue weighted by Gasteiger charge is 2.32. The molecule has 0 aliphatic carbocycles. The smallest absolute Gasteiger partial charge is 0.460 e. The molecule has 0 aromatic heterocycles. The standard InChI is InChI=1S/C28H33F3N4O8/c1-27(2,3)43-23(37)14-13-20(24(38)33-18-9-11-19(12-10-18)42-28(29,30)31)34-25(39)21(15-22(32)36)35-26(40)41-16-17-7-5-4-6-8-17/h4-12,20-21H,13-16H2,1-3H3,(H2,32,36)(H,33,38)(H,34,39)(H,35,40)/t20-,21-/m0/s1. The van der Waals surface area contributed by atoms with Crippen LogP contribution in [-0.4, -0.2) is 53.8 Å². The Labute approximate surface area is 245 Å². The van der Waals surface area contributed by atoms with E-state index in [9.17, 15) is 37.1 Å². The Morgan fingerprint density at radius 2 is 1.49 bits per heavy atom. The average molecular weight is 611 g/mol. The zero-order chi connectivity index (χ0) is 32.2. The third-order valence-electron chi connectivity index (χ3n) is 5.27. The van der Waals surface area contributed by atoms with E-state index in [1.54, 1.807) is 51.1 Å². The van der Waals surface area contributed by atoms with Gasteiger partial charge in [-0.15, -0.1) is 13.2 Å². The molecule has 2 rings (SSSR count). The van der Waals surface area contributed by atoms with Gasteiger partial charge in [0, 0.05) is 12.1 Å². The zero-order valence-corrected chi connectivity index (χ0v) is 23.7. The molecule has 0 heterocycles. The number of benzene rings is 2. The van der Waals surface area contributed by atoms with Crippen molar-refractivity contribution in [3.8, 4) is 5.75 Å². The molecule has 2 aromatic rings. The van der Waals surface area contributed by atoms with Crippen molar-refractivity contribution in [3.63, 3.8) is 0 Å². The van der Waals surface area contributed by atoms with Crippen LogP contribution in [-0.2, 0) is 35.3 Å². The van der Waals surface area contributed by atoms with Crippen LogP contribution in [0.15, 0.2) is 54.6 Å². The maximum atomic E-state index is 13.1. The van der Waals surface area contributed by atoms with E-state index >= 15 is 0 Å². The minimum atomic E-state index is -4.91. The van der Waals surface area contributed by atoms with Crippen molar-refractivity contribution in [1.82, 2.24) is 10.6 Å². The van der Waals surface area contributed by atoms with Crippen LogP contribution in [0.1, 0.15) is 45.6 Å². The number of primary amides is 1. The van der Waals surface area contributed by atoms with Crippen molar-refractivity contribution in [2.24, 2.45) is 5.73 Å². The molecule has 43 heavy (non-hydrogen) atoms. The zero-order valence-electron chi connectivity index (χ0n) is 23.7. The van der Waals surface area contributed by atoms with Gasteiger partial charge in [-0.25, -0.2) is 4.79 Å². The number of ether oxygens (including phenoxy) is 3. The molecular weight excluding hydrogens is 577 g/mol. The number of alkyl halides is 3. The first-order valence-electron chi connectivity index (χ1n) is 12.9. The number of hydrogen-bond acceptors (Lipinski definition) is 8. The van der Waals surface area contributed by atoms with Crippen LogP contribution < -0.4 is 26.4 Å². The van der Waals surface area contributed by atoms with Crippen molar-refractivity contribution in [3.05, 3.63) is 60.2 Å². The summed E-state index contributed by atoms with van der Waals surface area (Å²) in [6.07, 6.45) is -7.19. The SMILES string of the molecule is CC(C)(C)OC(=O)CC[C@H](NC(=O)[C@H](CC(N)=O)NC(=O)OCc1ccccc1)C(=O)Nc1ccc(OC(F)(F)F)cc1. The maximum absolute atomic E-state index is 13.1. The fourth-order valence-electron chi connectivity index (χ4n) is 3.48. The highest BCUT2D eigenvalue weighted by Crippen LogP contribution is 2.24. The average Bonchev–Trinajstić information content (AvgIpc) is 2.89. The summed E-state index contributed by atoms with van der Waals surface area (Å²) in [5, 5.41) is 7.02. The molecule has 0 saturated heterocycles. The summed E-state index contributed by atoms with van der Waals surface area (Å²) in [4.78, 5) is 62.5. The molecule has 0 radical (unpaired) electrons. The number of carbonyl (C=O) groups excluding carboxylic acids is 5. The Kier molecular flexibility index (Phi) is 12.3. The minimum absolute atomic E-state index is 0.0485. The number of esters is 1. The summed E-state index contributed by atoms with van der Waals surface area (Å²) >= 11 is 0. The van der Waals surface area contributed by atoms with Gasteiger partial charge in [0.2, 0.25) is 17.7 Å². The largest absolute Gasteiger partial charge is 0.573 e. The predicted molar refractivity (Wildman–Crippen MR) is 146 cm³/mol. The van der Waals surface area contributed by atoms with Crippen molar-refractivity contribution < 1.29 is 51.4 Å². The highest BCUT2D eigenvalue weighted by molar-refractivity contribution is 5.99. The molecule has 2 atom stereocenters. The lowest BCUT2D eigenvalue weighted by atomic mass is 10.1. The van der Waals surface area contributed by atoms with Gasteiger partial charge in [0.25, 0.3) is 0 Å². The Bertz CT molecular complexity index is 1270. The van der Waals surface area contributed by atoms with Crippen molar-refractivity contribution >= 4 is 35.5 Å². The van der Waals surface area contributed by atoms with Crippen molar-refractivity contribution in [2.45, 2.75) is 70.7 Å². The maximum Gasteiger partial charge on any atom is 0.573 e. The number of halogens is 3. The summed E-state index contributed by atoms with van der Waals surface area (Å²) in [6.45, 7) is 4.78. The van der Waals surface area contributed by atoms with Gasteiger partial charge in [-0.1, -0.05) is 30.3 Å². The first-order valence-corrected chi connectivity index (χ1v) is 12.9. The molecular formula is C28H33F3N4O8. The molecule has 2 aromatic carbocycles. The lowest BCUT2D eigenvalue weighted by Gasteiger charge is -2.23. The van der Waals surface area contributed by atoms with Crippen LogP contribution in [0.25, 0.3) is 0 Å². The number of anilines is 1. The van der Waals surface area contributed by atoms with Gasteiger partial charge in [-0.05, 0) is 57.0 Å². The summed E-state index contributed by atoms with van der Waals surface area (Å²) in [6, 6.07) is 9.86. The number of carbonyl (C=O) groups is 5. The second-order valence-corrected chi connectivity index (χ2v) is 10.2. The monoisotopic (exact) mass is 610 g/mol. The Balaban J connectivity index is 2.15. The molecule has 4 amide bonds. The summed E-state index contributed by atoms with van der Waals surface area (Å²) < 4.78 is 51.4. The molecule has 0 saturated carbocycles. The lowest BCUT2D eigenvalue weighted by molar-refractivity contribution is -0.274. The van der Waals surface area contributed by atoms with Crippen LogP contribution in [0.3, 0.4) is 0 Å². The van der Waals surface area contributed by atoms with Gasteiger partial charge in [-0.3, -0.25) is 19.2 Å². The fraction of sp³-hybridized carbons (Fsp3) is 0.393. The number of hydrogen-bond donors (Lipinski definition) is 4. The van der Waals surface area contributed by atoms with E-state index in [2.05, 4.69) is 20.7 Å². The first kappa shape index (κ1) is 34.4. The third kappa shape index (κ3) is 14.1. The Hall–Kier alpha value is -4.82. The predicted octanol–water partition coefficient (Wildman–Crippen LogP) is 3.30. The minimum Gasteiger partial charge on any atom is -0.460 e. The topological polar surface area (TPSA) is 175 Å². The molecule has 0 bridgehead atoms. The normalized spacial score (nSPS) is 12.7. The number of amides is 4. The van der Waals surface area contributed by atoms with E-state index in [-0.39, 0.29) is 25.1 Å². The van der Waals surface area contributed by atoms with E-state index in [0.717, 1.165) is 24.3 Å². The Morgan fingerprint density at radius 1 is 0.860 bits per heavy atom. The van der Waals surface area contributed by atoms with Crippen molar-refractivity contribution in [1.29, 1.82) is 0 Å². The fourth-order valence-corrected chi connectivity index (χ4v) is 3.48. The highest BCUT2D eigenvalue weighted by atomic mass is 19.4. The van der Waals surface area contributed by atoms with Crippen molar-refractivity contribution in [2.75, 3.05) is 5.32 Å². The van der Waals surface area contributed by atoms with E-state index < -0.39 is 66.0 Å². The summed E-state index contributed by atoms with van der Waals surface area (Å²) in [7, 11) is 0. The quantitative estimate of drug-likeness (QED) is 0.250. The van der Waals surface area contributed by atoms with Crippen LogP contribution in [0.5, 0.6) is 5.75 Å². The molecule has 15 heteroatoms. The summed E-state index contributed by atoms with van der Waals surface area (Å²) in [5.74, 6) is -4.00. The van der Waals surface area contributed by atoms with Crippen LogP contribution >= 0.6 is 0 Å². The van der Waals surface area contributed by atoms with Crippen LogP contribution in [0.2, 0.25) is 0 Å². The number of alkyl carbamates (subject to hydrolysis) is 1. The molecule has 12 nitrogen and oxygen atoms in total. The molecule has 0 aliphatic heterocycles. The van der Waals surface area contributed by atoms with Crippen LogP contribution in [0.4, 0.5) is 23.7 Å². The summed E-state index contributed by atoms with van der Waals surface area (Å²) in [5.41, 5.74) is 5.12. The van der Waals surface area contributed by atoms with Gasteiger partial charge in [0.1, 0.15) is 30.0 Å². The van der Waals surface area contributed by atoms with Gasteiger partial charge in [0.05, 0.1) is 6.42 Å². The van der Waals surface area contributed by atoms with E-state index in [1.807, 2.05) is 0 Å². The van der Waals surface area contributed by atoms with Crippen LogP contribution in [0, 0.1) is 0 Å². The van der Waals surface area contributed by atoms with Gasteiger partial charge >= 0.3 is 18.4 Å². The molecule has 5 N–H and O–H groups in total. The lowest BCUT2D eigenvalue weighted by Crippen LogP contribution is -2.53. The second kappa shape index (κ2) is 15.4. The van der Waals surface area contributed by atoms with Gasteiger partial charge < -0.3 is 35.9 Å². The number of nitrogens with one attached hydrogen (secondary N) is 3. The second-order valence-electron chi connectivity index (χ2n) is 10.2. The van der Waals surface area contributed by atoms with E-state index in [1.165, 1.54) is 0 Å². The molecule has 0 aliphatic rings. The molecule has 0 spiro atoms. The van der Waals surface area contributed by atoms with E-state index in [4.69, 9.17) is 15.2 Å². The number of rotatable bonds is 13. The van der Waals surface area contributed by atoms with Gasteiger partial charge in [0.15, 0.2) is 0 Å². The first-order chi connectivity index (χ1) is 20.0. The Morgan fingerprint density at radius 3 is 2.05 bits per heavy atom. The molecule has 234 valence electrons. The molecule has 0 fully saturated rings. The van der Waals surface area contributed by atoms with Gasteiger partial charge in [-0.2, -0.15) is 0 Å². The number of nitrogens with two attached hydrogens (primary N) is 1. The third-order valence-corrected chi connectivity index (χ3v) is 5.27. The van der Waals surface area contributed by atoms with E-state index in [0.29, 0.717) is 5.56 Å². The molecule has 0 unspecified atom stereocenters.